The number of nitrogens with zero attached hydrogens (tertiary/aromatic N) is 3. The molecule has 0 radical (unpaired) electrons. The molecule has 1 atom stereocenters. The van der Waals surface area contributed by atoms with Gasteiger partial charge in [-0.1, -0.05) is 36.4 Å². The van der Waals surface area contributed by atoms with Gasteiger partial charge in [0.05, 0.1) is 25.3 Å². The molecule has 1 saturated heterocycles. The smallest absolute Gasteiger partial charge is 0.330 e. The van der Waals surface area contributed by atoms with Gasteiger partial charge in [-0.15, -0.1) is 0 Å². The Kier molecular flexibility index (Phi) is 6.46. The molecule has 1 fully saturated rings. The van der Waals surface area contributed by atoms with E-state index in [1.165, 1.54) is 23.6 Å². The fourth-order valence-corrected chi connectivity index (χ4v) is 4.33. The van der Waals surface area contributed by atoms with E-state index in [1.807, 2.05) is 49.4 Å². The largest absolute Gasteiger partial charge is 0.495 e. The van der Waals surface area contributed by atoms with Crippen LogP contribution in [-0.2, 0) is 16.1 Å². The van der Waals surface area contributed by atoms with Crippen LogP contribution < -0.4 is 31.5 Å². The standard InChI is InChI=1S/C25H27N5O5/c1-15-9-10-19(35-3)18(11-15)29-14-17(12-20(29)31)24(33)28(2)21-22(26)30(25(34)27-23(21)32)13-16-7-5-4-6-8-16/h4-11,17H,12-14,26H2,1-3H3,(H,27,32,34). The van der Waals surface area contributed by atoms with Crippen LogP contribution in [0.4, 0.5) is 17.2 Å². The summed E-state index contributed by atoms with van der Waals surface area (Å²) in [6.07, 6.45) is -0.0261. The lowest BCUT2D eigenvalue weighted by Crippen LogP contribution is -2.42. The fraction of sp³-hybridized carbons (Fsp3) is 0.280. The first-order chi connectivity index (χ1) is 16.7. The molecule has 2 amide bonds. The second-order valence-electron chi connectivity index (χ2n) is 8.54. The summed E-state index contributed by atoms with van der Waals surface area (Å²) in [6, 6.07) is 14.6. The van der Waals surface area contributed by atoms with Crippen molar-refractivity contribution in [3.05, 3.63) is 80.5 Å². The van der Waals surface area contributed by atoms with Gasteiger partial charge in [0.25, 0.3) is 5.56 Å². The predicted molar refractivity (Wildman–Crippen MR) is 133 cm³/mol. The molecule has 10 heteroatoms. The van der Waals surface area contributed by atoms with E-state index in [2.05, 4.69) is 4.98 Å². The molecule has 1 aliphatic heterocycles. The van der Waals surface area contributed by atoms with Crippen molar-refractivity contribution in [2.45, 2.75) is 19.9 Å². The summed E-state index contributed by atoms with van der Waals surface area (Å²) in [4.78, 5) is 56.2. The Labute approximate surface area is 201 Å². The summed E-state index contributed by atoms with van der Waals surface area (Å²) in [6.45, 7) is 2.16. The van der Waals surface area contributed by atoms with Crippen LogP contribution in [0.3, 0.4) is 0 Å². The maximum atomic E-state index is 13.4. The highest BCUT2D eigenvalue weighted by Gasteiger charge is 2.38. The van der Waals surface area contributed by atoms with Gasteiger partial charge in [0, 0.05) is 20.0 Å². The number of hydrogen-bond acceptors (Lipinski definition) is 6. The molecular formula is C25H27N5O5. The van der Waals surface area contributed by atoms with Crippen molar-refractivity contribution in [1.82, 2.24) is 9.55 Å². The zero-order valence-electron chi connectivity index (χ0n) is 19.8. The van der Waals surface area contributed by atoms with Gasteiger partial charge < -0.3 is 20.3 Å². The Bertz CT molecular complexity index is 1400. The van der Waals surface area contributed by atoms with Crippen molar-refractivity contribution in [2.24, 2.45) is 5.92 Å². The number of carbonyl (C=O) groups excluding carboxylic acids is 2. The van der Waals surface area contributed by atoms with Gasteiger partial charge in [-0.25, -0.2) is 4.79 Å². The molecule has 0 aliphatic carbocycles. The van der Waals surface area contributed by atoms with Crippen molar-refractivity contribution < 1.29 is 14.3 Å². The van der Waals surface area contributed by atoms with Gasteiger partial charge in [0.2, 0.25) is 11.8 Å². The molecule has 2 aromatic carbocycles. The zero-order chi connectivity index (χ0) is 25.3. The molecule has 1 aromatic heterocycles. The first-order valence-electron chi connectivity index (χ1n) is 11.1. The summed E-state index contributed by atoms with van der Waals surface area (Å²) in [5, 5.41) is 0. The highest BCUT2D eigenvalue weighted by atomic mass is 16.5. The van der Waals surface area contributed by atoms with E-state index >= 15 is 0 Å². The van der Waals surface area contributed by atoms with E-state index in [9.17, 15) is 19.2 Å². The molecule has 2 heterocycles. The van der Waals surface area contributed by atoms with Crippen molar-refractivity contribution in [2.75, 3.05) is 36.2 Å². The normalized spacial score (nSPS) is 15.3. The minimum Gasteiger partial charge on any atom is -0.495 e. The summed E-state index contributed by atoms with van der Waals surface area (Å²) >= 11 is 0. The van der Waals surface area contributed by atoms with Crippen LogP contribution in [-0.4, -0.2) is 42.1 Å². The summed E-state index contributed by atoms with van der Waals surface area (Å²) in [7, 11) is 2.94. The maximum Gasteiger partial charge on any atom is 0.330 e. The lowest BCUT2D eigenvalue weighted by atomic mass is 10.1. The number of anilines is 3. The Balaban J connectivity index is 1.62. The molecule has 3 aromatic rings. The van der Waals surface area contributed by atoms with Crippen LogP contribution in [0.15, 0.2) is 58.1 Å². The number of aromatic nitrogens is 2. The van der Waals surface area contributed by atoms with Crippen molar-refractivity contribution >= 4 is 29.0 Å². The molecule has 0 spiro atoms. The Morgan fingerprint density at radius 1 is 1.17 bits per heavy atom. The van der Waals surface area contributed by atoms with E-state index in [4.69, 9.17) is 10.5 Å². The van der Waals surface area contributed by atoms with Crippen molar-refractivity contribution in [3.8, 4) is 5.75 Å². The van der Waals surface area contributed by atoms with Gasteiger partial charge in [0.15, 0.2) is 5.69 Å². The van der Waals surface area contributed by atoms with E-state index in [-0.39, 0.29) is 36.9 Å². The highest BCUT2D eigenvalue weighted by Crippen LogP contribution is 2.34. The van der Waals surface area contributed by atoms with Gasteiger partial charge in [-0.05, 0) is 30.2 Å². The average molecular weight is 478 g/mol. The third-order valence-electron chi connectivity index (χ3n) is 6.16. The Morgan fingerprint density at radius 3 is 2.57 bits per heavy atom. The van der Waals surface area contributed by atoms with Crippen molar-refractivity contribution in [3.63, 3.8) is 0 Å². The Hall–Kier alpha value is -4.34. The summed E-state index contributed by atoms with van der Waals surface area (Å²) in [5.74, 6) is -0.976. The third-order valence-corrected chi connectivity index (χ3v) is 6.16. The fourth-order valence-electron chi connectivity index (χ4n) is 4.33. The molecule has 182 valence electrons. The van der Waals surface area contributed by atoms with E-state index < -0.39 is 23.1 Å². The number of nitrogens with one attached hydrogen (secondary N) is 1. The topological polar surface area (TPSA) is 131 Å². The van der Waals surface area contributed by atoms with Crippen molar-refractivity contribution in [1.29, 1.82) is 0 Å². The number of carbonyl (C=O) groups is 2. The number of benzene rings is 2. The second kappa shape index (κ2) is 9.49. The minimum atomic E-state index is -0.769. The molecule has 10 nitrogen and oxygen atoms in total. The van der Waals surface area contributed by atoms with Gasteiger partial charge in [0.1, 0.15) is 11.6 Å². The number of aromatic amines is 1. The number of aryl methyl sites for hydroxylation is 1. The molecule has 0 saturated carbocycles. The van der Waals surface area contributed by atoms with Gasteiger partial charge >= 0.3 is 5.69 Å². The predicted octanol–water partition coefficient (Wildman–Crippen LogP) is 1.50. The number of hydrogen-bond donors (Lipinski definition) is 2. The van der Waals surface area contributed by atoms with Crippen LogP contribution in [0, 0.1) is 12.8 Å². The van der Waals surface area contributed by atoms with Gasteiger partial charge in [-0.3, -0.25) is 23.9 Å². The maximum absolute atomic E-state index is 13.4. The van der Waals surface area contributed by atoms with Crippen LogP contribution in [0.25, 0.3) is 0 Å². The van der Waals surface area contributed by atoms with E-state index in [0.29, 0.717) is 11.4 Å². The number of ether oxygens (including phenoxy) is 1. The quantitative estimate of drug-likeness (QED) is 0.553. The van der Waals surface area contributed by atoms with Crippen LogP contribution >= 0.6 is 0 Å². The number of H-pyrrole nitrogens is 1. The monoisotopic (exact) mass is 477 g/mol. The zero-order valence-corrected chi connectivity index (χ0v) is 19.8. The number of nitrogen functional groups attached to an aromatic ring is 1. The molecule has 0 bridgehead atoms. The van der Waals surface area contributed by atoms with Crippen LogP contribution in [0.1, 0.15) is 17.5 Å². The van der Waals surface area contributed by atoms with E-state index in [0.717, 1.165) is 16.0 Å². The van der Waals surface area contributed by atoms with Crippen LogP contribution in [0.5, 0.6) is 5.75 Å². The van der Waals surface area contributed by atoms with Gasteiger partial charge in [-0.2, -0.15) is 0 Å². The molecular weight excluding hydrogens is 450 g/mol. The summed E-state index contributed by atoms with van der Waals surface area (Å²) in [5.41, 5.74) is 6.99. The van der Waals surface area contributed by atoms with Crippen LogP contribution in [0.2, 0.25) is 0 Å². The molecule has 3 N–H and O–H groups in total. The van der Waals surface area contributed by atoms with E-state index in [1.54, 1.807) is 6.07 Å². The number of nitrogens with two attached hydrogens (primary N) is 1. The Morgan fingerprint density at radius 2 is 1.89 bits per heavy atom. The third kappa shape index (κ3) is 4.54. The molecule has 1 aliphatic rings. The first-order valence-corrected chi connectivity index (χ1v) is 11.1. The molecule has 1 unspecified atom stereocenters. The number of rotatable bonds is 6. The molecule has 35 heavy (non-hydrogen) atoms. The lowest BCUT2D eigenvalue weighted by Gasteiger charge is -2.24. The molecule has 4 rings (SSSR count). The summed E-state index contributed by atoms with van der Waals surface area (Å²) < 4.78 is 6.60. The first kappa shape index (κ1) is 23.8. The minimum absolute atomic E-state index is 0.0261. The highest BCUT2D eigenvalue weighted by molar-refractivity contribution is 6.05. The average Bonchev–Trinajstić information content (AvgIpc) is 3.23. The number of amides is 2. The second-order valence-corrected chi connectivity index (χ2v) is 8.54. The lowest BCUT2D eigenvalue weighted by molar-refractivity contribution is -0.124. The SMILES string of the molecule is COc1ccc(C)cc1N1CC(C(=O)N(C)c2c(N)n(Cc3ccccc3)c(=O)[nH]c2=O)CC1=O. The number of methoxy groups -OCH3 is 1.